The monoisotopic (exact) mass is 214 g/mol. The zero-order chi connectivity index (χ0) is 9.26. The second-order valence-corrected chi connectivity index (χ2v) is 4.34. The molecule has 0 N–H and O–H groups in total. The predicted molar refractivity (Wildman–Crippen MR) is 59.8 cm³/mol. The highest BCUT2D eigenvalue weighted by Gasteiger charge is 2.18. The largest absolute Gasteiger partial charge is 0.346 e. The summed E-state index contributed by atoms with van der Waals surface area (Å²) in [4.78, 5) is 0. The molecule has 4 heteroatoms. The van der Waals surface area contributed by atoms with E-state index in [-0.39, 0.29) is 6.29 Å². The van der Waals surface area contributed by atoms with Crippen molar-refractivity contribution < 1.29 is 9.47 Å². The number of ether oxygens (including phenoxy) is 2. The quantitative estimate of drug-likeness (QED) is 0.642. The zero-order valence-electron chi connectivity index (χ0n) is 7.19. The van der Waals surface area contributed by atoms with Crippen LogP contribution in [-0.4, -0.2) is 13.2 Å². The molecule has 70 valence electrons. The molecule has 0 aromatic heterocycles. The lowest BCUT2D eigenvalue weighted by Crippen LogP contribution is -2.07. The van der Waals surface area contributed by atoms with E-state index in [1.54, 1.807) is 0 Å². The van der Waals surface area contributed by atoms with Crippen LogP contribution in [0.4, 0.5) is 0 Å². The SMILES string of the molecule is Pc1cc(P)cc(C2OCCO2)c1. The van der Waals surface area contributed by atoms with Crippen LogP contribution in [0.1, 0.15) is 11.9 Å². The fraction of sp³-hybridized carbons (Fsp3) is 0.333. The molecule has 1 fully saturated rings. The highest BCUT2D eigenvalue weighted by atomic mass is 31.0. The van der Waals surface area contributed by atoms with Gasteiger partial charge in [-0.05, 0) is 28.8 Å². The highest BCUT2D eigenvalue weighted by molar-refractivity contribution is 7.29. The topological polar surface area (TPSA) is 18.5 Å². The maximum absolute atomic E-state index is 5.41. The molecule has 2 atom stereocenters. The first-order valence-electron chi connectivity index (χ1n) is 4.15. The summed E-state index contributed by atoms with van der Waals surface area (Å²) in [5, 5.41) is 2.31. The van der Waals surface area contributed by atoms with Gasteiger partial charge in [-0.1, -0.05) is 0 Å². The van der Waals surface area contributed by atoms with Gasteiger partial charge in [-0.25, -0.2) is 0 Å². The van der Waals surface area contributed by atoms with Gasteiger partial charge < -0.3 is 9.47 Å². The van der Waals surface area contributed by atoms with Gasteiger partial charge in [-0.2, -0.15) is 0 Å². The van der Waals surface area contributed by atoms with E-state index in [0.29, 0.717) is 13.2 Å². The Morgan fingerprint density at radius 2 is 1.54 bits per heavy atom. The van der Waals surface area contributed by atoms with Crippen molar-refractivity contribution in [2.75, 3.05) is 13.2 Å². The average Bonchev–Trinajstić information content (AvgIpc) is 2.53. The molecular weight excluding hydrogens is 202 g/mol. The minimum atomic E-state index is -0.167. The fourth-order valence-corrected chi connectivity index (χ4v) is 2.35. The van der Waals surface area contributed by atoms with Gasteiger partial charge in [0.05, 0.1) is 13.2 Å². The van der Waals surface area contributed by atoms with E-state index in [1.807, 2.05) is 0 Å². The Bertz CT molecular complexity index is 288. The molecule has 1 aromatic carbocycles. The summed E-state index contributed by atoms with van der Waals surface area (Å²) < 4.78 is 10.8. The normalized spacial score (nSPS) is 18.0. The summed E-state index contributed by atoms with van der Waals surface area (Å²) in [7, 11) is 5.36. The van der Waals surface area contributed by atoms with Crippen molar-refractivity contribution in [2.45, 2.75) is 6.29 Å². The molecular formula is C9H12O2P2. The number of benzene rings is 1. The first-order chi connectivity index (χ1) is 6.25. The van der Waals surface area contributed by atoms with Crippen molar-refractivity contribution in [1.29, 1.82) is 0 Å². The molecule has 0 radical (unpaired) electrons. The van der Waals surface area contributed by atoms with Crippen molar-refractivity contribution in [3.8, 4) is 0 Å². The molecule has 0 spiro atoms. The van der Waals surface area contributed by atoms with Crippen LogP contribution in [0.15, 0.2) is 18.2 Å². The van der Waals surface area contributed by atoms with Crippen molar-refractivity contribution in [3.05, 3.63) is 23.8 Å². The predicted octanol–water partition coefficient (Wildman–Crippen LogP) is 0.733. The van der Waals surface area contributed by atoms with Crippen LogP contribution in [0, 0.1) is 0 Å². The van der Waals surface area contributed by atoms with E-state index < -0.39 is 0 Å². The Hall–Kier alpha value is -0.0000000000000000555. The maximum atomic E-state index is 5.41. The van der Waals surface area contributed by atoms with Gasteiger partial charge in [0.2, 0.25) is 0 Å². The smallest absolute Gasteiger partial charge is 0.184 e. The Morgan fingerprint density at radius 3 is 2.08 bits per heavy atom. The molecule has 1 aliphatic rings. The molecule has 0 amide bonds. The van der Waals surface area contributed by atoms with E-state index in [9.17, 15) is 0 Å². The summed E-state index contributed by atoms with van der Waals surface area (Å²) in [5.74, 6) is 0. The Morgan fingerprint density at radius 1 is 1.00 bits per heavy atom. The van der Waals surface area contributed by atoms with Gasteiger partial charge in [0, 0.05) is 5.56 Å². The molecule has 0 bridgehead atoms. The Kier molecular flexibility index (Phi) is 2.96. The number of hydrogen-bond donors (Lipinski definition) is 0. The number of rotatable bonds is 1. The average molecular weight is 214 g/mol. The maximum Gasteiger partial charge on any atom is 0.184 e. The molecule has 1 heterocycles. The van der Waals surface area contributed by atoms with E-state index in [0.717, 1.165) is 16.2 Å². The second-order valence-electron chi connectivity index (χ2n) is 3.01. The Labute approximate surface area is 82.4 Å². The minimum absolute atomic E-state index is 0.167. The molecule has 1 aliphatic heterocycles. The van der Waals surface area contributed by atoms with Crippen molar-refractivity contribution >= 4 is 29.1 Å². The van der Waals surface area contributed by atoms with Crippen LogP contribution < -0.4 is 10.6 Å². The number of hydrogen-bond acceptors (Lipinski definition) is 2. The van der Waals surface area contributed by atoms with Gasteiger partial charge in [0.25, 0.3) is 0 Å². The van der Waals surface area contributed by atoms with Crippen LogP contribution in [0.25, 0.3) is 0 Å². The van der Waals surface area contributed by atoms with Crippen LogP contribution in [0.5, 0.6) is 0 Å². The second kappa shape index (κ2) is 4.02. The molecule has 1 aromatic rings. The summed E-state index contributed by atoms with van der Waals surface area (Å²) >= 11 is 0. The Balaban J connectivity index is 2.28. The third-order valence-corrected chi connectivity index (χ3v) is 2.56. The van der Waals surface area contributed by atoms with Crippen LogP contribution in [0.3, 0.4) is 0 Å². The molecule has 0 saturated carbocycles. The fourth-order valence-electron chi connectivity index (χ4n) is 1.39. The molecule has 2 unspecified atom stereocenters. The summed E-state index contributed by atoms with van der Waals surface area (Å²) in [5.41, 5.74) is 1.09. The van der Waals surface area contributed by atoms with Gasteiger partial charge in [-0.3, -0.25) is 0 Å². The van der Waals surface area contributed by atoms with E-state index in [2.05, 4.69) is 36.7 Å². The van der Waals surface area contributed by atoms with Crippen molar-refractivity contribution in [3.63, 3.8) is 0 Å². The summed E-state index contributed by atoms with van der Waals surface area (Å²) in [6.07, 6.45) is -0.167. The van der Waals surface area contributed by atoms with Crippen molar-refractivity contribution in [1.82, 2.24) is 0 Å². The van der Waals surface area contributed by atoms with Crippen LogP contribution >= 0.6 is 18.5 Å². The van der Waals surface area contributed by atoms with E-state index >= 15 is 0 Å². The summed E-state index contributed by atoms with van der Waals surface area (Å²) in [6, 6.07) is 6.20. The van der Waals surface area contributed by atoms with E-state index in [4.69, 9.17) is 9.47 Å². The van der Waals surface area contributed by atoms with E-state index in [1.165, 1.54) is 0 Å². The standard InChI is InChI=1S/C9H12O2P2/c12-7-3-6(4-8(13)5-7)9-10-1-2-11-9/h3-5,9H,1-2,12-13H2. The molecule has 13 heavy (non-hydrogen) atoms. The van der Waals surface area contributed by atoms with Gasteiger partial charge in [0.15, 0.2) is 6.29 Å². The van der Waals surface area contributed by atoms with Gasteiger partial charge in [-0.15, -0.1) is 18.5 Å². The lowest BCUT2D eigenvalue weighted by molar-refractivity contribution is -0.0440. The molecule has 0 aliphatic carbocycles. The van der Waals surface area contributed by atoms with Crippen LogP contribution in [0.2, 0.25) is 0 Å². The molecule has 2 nitrogen and oxygen atoms in total. The lowest BCUT2D eigenvalue weighted by atomic mass is 10.2. The first-order valence-corrected chi connectivity index (χ1v) is 5.30. The summed E-state index contributed by atoms with van der Waals surface area (Å²) in [6.45, 7) is 1.38. The lowest BCUT2D eigenvalue weighted by Gasteiger charge is -2.10. The van der Waals surface area contributed by atoms with Gasteiger partial charge >= 0.3 is 0 Å². The zero-order valence-corrected chi connectivity index (χ0v) is 9.50. The highest BCUT2D eigenvalue weighted by Crippen LogP contribution is 2.22. The third kappa shape index (κ3) is 2.27. The van der Waals surface area contributed by atoms with Crippen molar-refractivity contribution in [2.24, 2.45) is 0 Å². The molecule has 1 saturated heterocycles. The third-order valence-electron chi connectivity index (χ3n) is 1.89. The molecule has 2 rings (SSSR count). The van der Waals surface area contributed by atoms with Crippen LogP contribution in [-0.2, 0) is 9.47 Å². The minimum Gasteiger partial charge on any atom is -0.346 e. The first kappa shape index (κ1) is 9.55. The van der Waals surface area contributed by atoms with Gasteiger partial charge in [0.1, 0.15) is 0 Å².